The number of piperidine rings is 1. The molecule has 2 aromatic rings. The topological polar surface area (TPSA) is 45.2 Å². The van der Waals surface area contributed by atoms with E-state index in [-0.39, 0.29) is 5.91 Å². The number of hydrogen-bond donors (Lipinski definition) is 1. The molecule has 0 unspecified atom stereocenters. The zero-order valence-electron chi connectivity index (χ0n) is 15.1. The molecule has 0 saturated carbocycles. The van der Waals surface area contributed by atoms with Crippen LogP contribution in [0.3, 0.4) is 0 Å². The molecule has 4 nitrogen and oxygen atoms in total. The summed E-state index contributed by atoms with van der Waals surface area (Å²) in [7, 11) is 0. The Morgan fingerprint density at radius 3 is 2.56 bits per heavy atom. The minimum atomic E-state index is 0.0248. The van der Waals surface area contributed by atoms with E-state index in [0.29, 0.717) is 13.0 Å². The van der Waals surface area contributed by atoms with E-state index >= 15 is 0 Å². The maximum atomic E-state index is 12.0. The van der Waals surface area contributed by atoms with Gasteiger partial charge >= 0.3 is 0 Å². The number of aromatic nitrogens is 1. The molecule has 0 bridgehead atoms. The Hall–Kier alpha value is -1.72. The third kappa shape index (κ3) is 5.65. The highest BCUT2D eigenvalue weighted by Crippen LogP contribution is 2.18. The van der Waals surface area contributed by atoms with Crippen molar-refractivity contribution in [3.8, 4) is 0 Å². The van der Waals surface area contributed by atoms with Crippen molar-refractivity contribution in [2.45, 2.75) is 46.2 Å². The number of hydrogen-bond acceptors (Lipinski definition) is 4. The standard InChI is InChI=1S/C20H27N3OS/c1-15-7-9-23(10-8-15)13-18-5-3-17(4-6-18)12-21-20(24)11-19-14-25-16(2)22-19/h3-6,14-15H,7-13H2,1-2H3,(H,21,24). The Bertz CT molecular complexity index is 687. The number of rotatable bonds is 6. The smallest absolute Gasteiger partial charge is 0.226 e. The predicted octanol–water partition coefficient (Wildman–Crippen LogP) is 3.54. The summed E-state index contributed by atoms with van der Waals surface area (Å²) in [6.07, 6.45) is 2.97. The zero-order valence-corrected chi connectivity index (χ0v) is 15.9. The third-order valence-corrected chi connectivity index (χ3v) is 5.63. The number of thiazole rings is 1. The molecule has 2 heterocycles. The monoisotopic (exact) mass is 357 g/mol. The highest BCUT2D eigenvalue weighted by molar-refractivity contribution is 7.09. The zero-order chi connectivity index (χ0) is 17.6. The molecule has 134 valence electrons. The highest BCUT2D eigenvalue weighted by Gasteiger charge is 2.15. The molecule has 1 N–H and O–H groups in total. The molecular formula is C20H27N3OS. The second-order valence-electron chi connectivity index (χ2n) is 7.09. The first-order chi connectivity index (χ1) is 12.1. The van der Waals surface area contributed by atoms with Crippen molar-refractivity contribution in [2.24, 2.45) is 5.92 Å². The van der Waals surface area contributed by atoms with E-state index < -0.39 is 0 Å². The van der Waals surface area contributed by atoms with Crippen LogP contribution in [0.2, 0.25) is 0 Å². The Balaban J connectivity index is 1.43. The maximum absolute atomic E-state index is 12.0. The van der Waals surface area contributed by atoms with Crippen molar-refractivity contribution in [3.05, 3.63) is 51.5 Å². The first-order valence-electron chi connectivity index (χ1n) is 9.06. The van der Waals surface area contributed by atoms with Crippen molar-refractivity contribution in [3.63, 3.8) is 0 Å². The van der Waals surface area contributed by atoms with Gasteiger partial charge in [0.05, 0.1) is 17.1 Å². The normalized spacial score (nSPS) is 16.1. The highest BCUT2D eigenvalue weighted by atomic mass is 32.1. The predicted molar refractivity (Wildman–Crippen MR) is 103 cm³/mol. The van der Waals surface area contributed by atoms with Crippen LogP contribution in [0.4, 0.5) is 0 Å². The van der Waals surface area contributed by atoms with Gasteiger partial charge in [0, 0.05) is 18.5 Å². The number of carbonyl (C=O) groups is 1. The minimum absolute atomic E-state index is 0.0248. The van der Waals surface area contributed by atoms with E-state index in [1.807, 2.05) is 12.3 Å². The summed E-state index contributed by atoms with van der Waals surface area (Å²) in [5, 5.41) is 5.93. The van der Waals surface area contributed by atoms with Gasteiger partial charge in [-0.05, 0) is 49.9 Å². The number of nitrogens with one attached hydrogen (secondary N) is 1. The molecule has 0 radical (unpaired) electrons. The Labute approximate surface area is 154 Å². The first-order valence-corrected chi connectivity index (χ1v) is 9.94. The molecular weight excluding hydrogens is 330 g/mol. The Morgan fingerprint density at radius 2 is 1.92 bits per heavy atom. The van der Waals surface area contributed by atoms with Gasteiger partial charge in [0.2, 0.25) is 5.91 Å². The average molecular weight is 358 g/mol. The lowest BCUT2D eigenvalue weighted by Crippen LogP contribution is -2.32. The van der Waals surface area contributed by atoms with Crippen molar-refractivity contribution in [1.29, 1.82) is 0 Å². The maximum Gasteiger partial charge on any atom is 0.226 e. The van der Waals surface area contributed by atoms with Gasteiger partial charge < -0.3 is 5.32 Å². The molecule has 5 heteroatoms. The second kappa shape index (κ2) is 8.59. The molecule has 3 rings (SSSR count). The molecule has 1 aromatic carbocycles. The molecule has 25 heavy (non-hydrogen) atoms. The van der Waals surface area contributed by atoms with E-state index in [1.54, 1.807) is 11.3 Å². The molecule has 1 aromatic heterocycles. The fourth-order valence-corrected chi connectivity index (χ4v) is 3.77. The summed E-state index contributed by atoms with van der Waals surface area (Å²) in [4.78, 5) is 18.9. The van der Waals surface area contributed by atoms with Crippen LogP contribution in [0.15, 0.2) is 29.6 Å². The van der Waals surface area contributed by atoms with E-state index in [4.69, 9.17) is 0 Å². The van der Waals surface area contributed by atoms with Crippen LogP contribution in [0.5, 0.6) is 0 Å². The van der Waals surface area contributed by atoms with E-state index in [1.165, 1.54) is 31.5 Å². The van der Waals surface area contributed by atoms with Gasteiger partial charge in [0.15, 0.2) is 0 Å². The van der Waals surface area contributed by atoms with Gasteiger partial charge in [-0.15, -0.1) is 11.3 Å². The molecule has 0 spiro atoms. The lowest BCUT2D eigenvalue weighted by atomic mass is 9.99. The van der Waals surface area contributed by atoms with Crippen LogP contribution in [0, 0.1) is 12.8 Å². The fraction of sp³-hybridized carbons (Fsp3) is 0.500. The summed E-state index contributed by atoms with van der Waals surface area (Å²) in [6.45, 7) is 8.31. The van der Waals surface area contributed by atoms with Gasteiger partial charge in [0.1, 0.15) is 0 Å². The average Bonchev–Trinajstić information content (AvgIpc) is 3.01. The number of amides is 1. The van der Waals surface area contributed by atoms with Crippen LogP contribution < -0.4 is 5.32 Å². The van der Waals surface area contributed by atoms with Crippen LogP contribution in [0.25, 0.3) is 0 Å². The summed E-state index contributed by atoms with van der Waals surface area (Å²) < 4.78 is 0. The van der Waals surface area contributed by atoms with Crippen molar-refractivity contribution in [2.75, 3.05) is 13.1 Å². The number of likely N-dealkylation sites (tertiary alicyclic amines) is 1. The number of nitrogens with zero attached hydrogens (tertiary/aromatic N) is 2. The van der Waals surface area contributed by atoms with Crippen molar-refractivity contribution < 1.29 is 4.79 Å². The van der Waals surface area contributed by atoms with Crippen LogP contribution in [0.1, 0.15) is 41.6 Å². The second-order valence-corrected chi connectivity index (χ2v) is 8.15. The van der Waals surface area contributed by atoms with Crippen LogP contribution in [-0.4, -0.2) is 28.9 Å². The number of aryl methyl sites for hydroxylation is 1. The lowest BCUT2D eigenvalue weighted by Gasteiger charge is -2.30. The van der Waals surface area contributed by atoms with Gasteiger partial charge in [-0.25, -0.2) is 4.98 Å². The van der Waals surface area contributed by atoms with E-state index in [9.17, 15) is 4.79 Å². The van der Waals surface area contributed by atoms with Gasteiger partial charge in [0.25, 0.3) is 0 Å². The lowest BCUT2D eigenvalue weighted by molar-refractivity contribution is -0.120. The van der Waals surface area contributed by atoms with Crippen LogP contribution >= 0.6 is 11.3 Å². The van der Waals surface area contributed by atoms with E-state index in [2.05, 4.69) is 46.4 Å². The van der Waals surface area contributed by atoms with Gasteiger partial charge in [-0.3, -0.25) is 9.69 Å². The third-order valence-electron chi connectivity index (χ3n) is 4.80. The molecule has 1 fully saturated rings. The molecule has 1 amide bonds. The van der Waals surface area contributed by atoms with Gasteiger partial charge in [-0.2, -0.15) is 0 Å². The molecule has 0 aliphatic carbocycles. The summed E-state index contributed by atoms with van der Waals surface area (Å²) in [6, 6.07) is 8.61. The molecule has 0 atom stereocenters. The summed E-state index contributed by atoms with van der Waals surface area (Å²) >= 11 is 1.58. The Kier molecular flexibility index (Phi) is 6.21. The van der Waals surface area contributed by atoms with Crippen molar-refractivity contribution >= 4 is 17.2 Å². The van der Waals surface area contributed by atoms with Crippen LogP contribution in [-0.2, 0) is 24.3 Å². The quantitative estimate of drug-likeness (QED) is 0.860. The fourth-order valence-electron chi connectivity index (χ4n) is 3.16. The largest absolute Gasteiger partial charge is 0.352 e. The van der Waals surface area contributed by atoms with E-state index in [0.717, 1.165) is 28.7 Å². The molecule has 1 saturated heterocycles. The number of benzene rings is 1. The van der Waals surface area contributed by atoms with Crippen molar-refractivity contribution in [1.82, 2.24) is 15.2 Å². The molecule has 1 aliphatic rings. The first kappa shape index (κ1) is 18.1. The van der Waals surface area contributed by atoms with Gasteiger partial charge in [-0.1, -0.05) is 31.2 Å². The summed E-state index contributed by atoms with van der Waals surface area (Å²) in [5.74, 6) is 0.896. The molecule has 1 aliphatic heterocycles. The minimum Gasteiger partial charge on any atom is -0.352 e. The summed E-state index contributed by atoms with van der Waals surface area (Å²) in [5.41, 5.74) is 3.34. The Morgan fingerprint density at radius 1 is 1.24 bits per heavy atom. The SMILES string of the molecule is Cc1nc(CC(=O)NCc2ccc(CN3CCC(C)CC3)cc2)cs1. The number of carbonyl (C=O) groups excluding carboxylic acids is 1.